The minimum atomic E-state index is -0.267. The van der Waals surface area contributed by atoms with Crippen LogP contribution in [0.5, 0.6) is 0 Å². The maximum Gasteiger partial charge on any atom is 0.258 e. The van der Waals surface area contributed by atoms with Gasteiger partial charge in [0.25, 0.3) is 5.91 Å². The molecule has 1 amide bonds. The molecule has 0 atom stereocenters. The van der Waals surface area contributed by atoms with Crippen molar-refractivity contribution in [2.24, 2.45) is 0 Å². The molecule has 1 N–H and O–H groups in total. The Labute approximate surface area is 131 Å². The molecular formula is C16H11ClN2OS. The third kappa shape index (κ3) is 2.96. The summed E-state index contributed by atoms with van der Waals surface area (Å²) in [5.41, 5.74) is 2.10. The van der Waals surface area contributed by atoms with Crippen molar-refractivity contribution in [3.8, 4) is 10.4 Å². The van der Waals surface area contributed by atoms with Crippen LogP contribution in [-0.4, -0.2) is 10.9 Å². The first-order valence-corrected chi connectivity index (χ1v) is 7.55. The van der Waals surface area contributed by atoms with Crippen molar-refractivity contribution < 1.29 is 4.79 Å². The molecule has 104 valence electrons. The number of benzene rings is 1. The zero-order chi connectivity index (χ0) is 14.7. The monoisotopic (exact) mass is 314 g/mol. The van der Waals surface area contributed by atoms with Crippen molar-refractivity contribution in [2.75, 3.05) is 5.32 Å². The Balaban J connectivity index is 1.93. The topological polar surface area (TPSA) is 42.0 Å². The van der Waals surface area contributed by atoms with Gasteiger partial charge in [-0.25, -0.2) is 0 Å². The fraction of sp³-hybridized carbons (Fsp3) is 0. The van der Waals surface area contributed by atoms with Crippen molar-refractivity contribution in [1.29, 1.82) is 0 Å². The van der Waals surface area contributed by atoms with E-state index in [1.165, 1.54) is 6.20 Å². The normalized spacial score (nSPS) is 10.3. The van der Waals surface area contributed by atoms with Crippen LogP contribution in [0, 0.1) is 0 Å². The molecule has 1 aromatic carbocycles. The molecule has 0 spiro atoms. The summed E-state index contributed by atoms with van der Waals surface area (Å²) in [6.07, 6.45) is 3.02. The highest BCUT2D eigenvalue weighted by Gasteiger charge is 2.13. The van der Waals surface area contributed by atoms with Crippen LogP contribution in [0.2, 0.25) is 5.02 Å². The number of thiophene rings is 1. The fourth-order valence-electron chi connectivity index (χ4n) is 1.97. The second-order valence-electron chi connectivity index (χ2n) is 4.33. The first-order valence-electron chi connectivity index (χ1n) is 6.29. The van der Waals surface area contributed by atoms with E-state index in [0.717, 1.165) is 16.1 Å². The molecule has 0 radical (unpaired) electrons. The van der Waals surface area contributed by atoms with Crippen LogP contribution < -0.4 is 5.32 Å². The van der Waals surface area contributed by atoms with Crippen molar-refractivity contribution in [2.45, 2.75) is 0 Å². The summed E-state index contributed by atoms with van der Waals surface area (Å²) in [6, 6.07) is 13.3. The van der Waals surface area contributed by atoms with Crippen molar-refractivity contribution in [3.05, 3.63) is 70.8 Å². The van der Waals surface area contributed by atoms with Gasteiger partial charge >= 0.3 is 0 Å². The Kier molecular flexibility index (Phi) is 3.99. The summed E-state index contributed by atoms with van der Waals surface area (Å²) in [5, 5.41) is 5.29. The fourth-order valence-corrected chi connectivity index (χ4v) is 2.93. The number of pyridine rings is 1. The number of aromatic nitrogens is 1. The van der Waals surface area contributed by atoms with Gasteiger partial charge in [0.2, 0.25) is 0 Å². The quantitative estimate of drug-likeness (QED) is 0.760. The van der Waals surface area contributed by atoms with Gasteiger partial charge in [0.1, 0.15) is 0 Å². The lowest BCUT2D eigenvalue weighted by molar-refractivity contribution is 0.102. The lowest BCUT2D eigenvalue weighted by Crippen LogP contribution is -2.13. The summed E-state index contributed by atoms with van der Waals surface area (Å²) in [6.45, 7) is 0. The number of halogens is 1. The summed E-state index contributed by atoms with van der Waals surface area (Å²) in [4.78, 5) is 17.4. The Morgan fingerprint density at radius 1 is 1.14 bits per heavy atom. The molecule has 0 aliphatic rings. The number of amides is 1. The van der Waals surface area contributed by atoms with Gasteiger partial charge < -0.3 is 5.32 Å². The molecule has 3 rings (SSSR count). The molecule has 0 unspecified atom stereocenters. The van der Waals surface area contributed by atoms with Gasteiger partial charge in [0, 0.05) is 28.5 Å². The number of para-hydroxylation sites is 1. The van der Waals surface area contributed by atoms with Gasteiger partial charge in [-0.15, -0.1) is 11.3 Å². The van der Waals surface area contributed by atoms with Crippen LogP contribution in [0.3, 0.4) is 0 Å². The minimum absolute atomic E-state index is 0.267. The molecule has 0 aliphatic heterocycles. The predicted octanol–water partition coefficient (Wildman–Crippen LogP) is 4.72. The largest absolute Gasteiger partial charge is 0.321 e. The molecule has 3 aromatic rings. The second-order valence-corrected chi connectivity index (χ2v) is 5.69. The molecule has 0 saturated carbocycles. The predicted molar refractivity (Wildman–Crippen MR) is 87.0 cm³/mol. The lowest BCUT2D eigenvalue weighted by atomic mass is 10.1. The molecule has 0 aliphatic carbocycles. The number of anilines is 1. The number of hydrogen-bond donors (Lipinski definition) is 1. The highest BCUT2D eigenvalue weighted by molar-refractivity contribution is 7.13. The van der Waals surface area contributed by atoms with E-state index in [-0.39, 0.29) is 5.91 Å². The van der Waals surface area contributed by atoms with Gasteiger partial charge in [-0.1, -0.05) is 35.9 Å². The van der Waals surface area contributed by atoms with E-state index in [2.05, 4.69) is 10.3 Å². The zero-order valence-electron chi connectivity index (χ0n) is 10.9. The van der Waals surface area contributed by atoms with E-state index in [4.69, 9.17) is 11.6 Å². The smallest absolute Gasteiger partial charge is 0.258 e. The van der Waals surface area contributed by atoms with E-state index in [1.807, 2.05) is 41.8 Å². The SMILES string of the molecule is O=C(Nc1ccccc1-c1cccs1)c1cnccc1Cl. The van der Waals surface area contributed by atoms with E-state index in [1.54, 1.807) is 23.6 Å². The molecule has 0 saturated heterocycles. The van der Waals surface area contributed by atoms with Crippen molar-refractivity contribution in [3.63, 3.8) is 0 Å². The van der Waals surface area contributed by atoms with E-state index in [9.17, 15) is 4.79 Å². The molecule has 2 heterocycles. The summed E-state index contributed by atoms with van der Waals surface area (Å²) in [5.74, 6) is -0.267. The molecule has 0 bridgehead atoms. The molecule has 5 heteroatoms. The molecular weight excluding hydrogens is 304 g/mol. The van der Waals surface area contributed by atoms with Crippen molar-refractivity contribution in [1.82, 2.24) is 4.98 Å². The third-order valence-corrected chi connectivity index (χ3v) is 4.21. The molecule has 2 aromatic heterocycles. The Morgan fingerprint density at radius 3 is 2.76 bits per heavy atom. The van der Waals surface area contributed by atoms with Crippen LogP contribution >= 0.6 is 22.9 Å². The highest BCUT2D eigenvalue weighted by Crippen LogP contribution is 2.31. The number of nitrogens with zero attached hydrogens (tertiary/aromatic N) is 1. The van der Waals surface area contributed by atoms with Crippen LogP contribution in [0.15, 0.2) is 60.2 Å². The van der Waals surface area contributed by atoms with Crippen LogP contribution in [0.4, 0.5) is 5.69 Å². The van der Waals surface area contributed by atoms with Gasteiger partial charge in [-0.05, 0) is 23.6 Å². The Morgan fingerprint density at radius 2 is 2.00 bits per heavy atom. The highest BCUT2D eigenvalue weighted by atomic mass is 35.5. The number of carbonyl (C=O) groups is 1. The van der Waals surface area contributed by atoms with Crippen LogP contribution in [0.25, 0.3) is 10.4 Å². The van der Waals surface area contributed by atoms with Gasteiger partial charge in [-0.3, -0.25) is 9.78 Å². The van der Waals surface area contributed by atoms with Gasteiger partial charge in [0.15, 0.2) is 0 Å². The van der Waals surface area contributed by atoms with E-state index in [0.29, 0.717) is 10.6 Å². The Hall–Kier alpha value is -2.17. The molecule has 0 fully saturated rings. The standard InChI is InChI=1S/C16H11ClN2OS/c17-13-7-8-18-10-12(13)16(20)19-14-5-2-1-4-11(14)15-6-3-9-21-15/h1-10H,(H,19,20). The summed E-state index contributed by atoms with van der Waals surface area (Å²) in [7, 11) is 0. The van der Waals surface area contributed by atoms with E-state index >= 15 is 0 Å². The number of carbonyl (C=O) groups excluding carboxylic acids is 1. The molecule has 21 heavy (non-hydrogen) atoms. The number of nitrogens with one attached hydrogen (secondary N) is 1. The summed E-state index contributed by atoms with van der Waals surface area (Å²) >= 11 is 7.65. The van der Waals surface area contributed by atoms with E-state index < -0.39 is 0 Å². The van der Waals surface area contributed by atoms with Crippen molar-refractivity contribution >= 4 is 34.5 Å². The first kappa shape index (κ1) is 13.8. The zero-order valence-corrected chi connectivity index (χ0v) is 12.5. The van der Waals surface area contributed by atoms with Gasteiger partial charge in [-0.2, -0.15) is 0 Å². The maximum atomic E-state index is 12.3. The number of hydrogen-bond acceptors (Lipinski definition) is 3. The second kappa shape index (κ2) is 6.08. The summed E-state index contributed by atoms with van der Waals surface area (Å²) < 4.78 is 0. The third-order valence-electron chi connectivity index (χ3n) is 2.97. The average Bonchev–Trinajstić information content (AvgIpc) is 3.02. The Bertz CT molecular complexity index is 771. The average molecular weight is 315 g/mol. The maximum absolute atomic E-state index is 12.3. The van der Waals surface area contributed by atoms with Gasteiger partial charge in [0.05, 0.1) is 10.6 Å². The minimum Gasteiger partial charge on any atom is -0.321 e. The van der Waals surface area contributed by atoms with Crippen LogP contribution in [-0.2, 0) is 0 Å². The number of rotatable bonds is 3. The van der Waals surface area contributed by atoms with Crippen LogP contribution in [0.1, 0.15) is 10.4 Å². The first-order chi connectivity index (χ1) is 10.3. The lowest BCUT2D eigenvalue weighted by Gasteiger charge is -2.10. The molecule has 3 nitrogen and oxygen atoms in total.